The van der Waals surface area contributed by atoms with Crippen molar-refractivity contribution in [3.05, 3.63) is 21.9 Å². The molecule has 1 aliphatic heterocycles. The van der Waals surface area contributed by atoms with Gasteiger partial charge in [0.1, 0.15) is 0 Å². The molecule has 0 radical (unpaired) electrons. The number of nitrogens with one attached hydrogen (secondary N) is 1. The number of thiophene rings is 1. The van der Waals surface area contributed by atoms with Crippen LogP contribution in [0.15, 0.2) is 11.4 Å². The Bertz CT molecular complexity index is 436. The molecule has 98 valence electrons. The topological polar surface area (TPSA) is 49.4 Å². The van der Waals surface area contributed by atoms with Crippen LogP contribution in [-0.4, -0.2) is 36.3 Å². The Hall–Kier alpha value is -1.36. The molecule has 0 unspecified atom stereocenters. The smallest absolute Gasteiger partial charge is 0.261 e. The minimum absolute atomic E-state index is 0.0725. The number of likely N-dealkylation sites (tertiary alicyclic amines) is 1. The molecule has 0 saturated carbocycles. The lowest BCUT2D eigenvalue weighted by atomic mass is 10.3. The highest BCUT2D eigenvalue weighted by molar-refractivity contribution is 7.12. The normalized spacial score (nSPS) is 14.8. The Morgan fingerprint density at radius 1 is 1.39 bits per heavy atom. The molecule has 2 amide bonds. The Labute approximate surface area is 111 Å². The molecule has 1 saturated heterocycles. The summed E-state index contributed by atoms with van der Waals surface area (Å²) in [6, 6.07) is 1.93. The van der Waals surface area contributed by atoms with Crippen LogP contribution in [0.3, 0.4) is 0 Å². The van der Waals surface area contributed by atoms with Crippen LogP contribution in [0, 0.1) is 6.92 Å². The van der Waals surface area contributed by atoms with Crippen LogP contribution in [0.2, 0.25) is 0 Å². The molecule has 0 aliphatic carbocycles. The third-order valence-corrected chi connectivity index (χ3v) is 4.17. The molecule has 1 N–H and O–H groups in total. The van der Waals surface area contributed by atoms with Crippen molar-refractivity contribution >= 4 is 23.2 Å². The van der Waals surface area contributed by atoms with Crippen LogP contribution < -0.4 is 5.32 Å². The van der Waals surface area contributed by atoms with Crippen LogP contribution in [0.5, 0.6) is 0 Å². The summed E-state index contributed by atoms with van der Waals surface area (Å²) in [7, 11) is 0. The number of hydrogen-bond donors (Lipinski definition) is 1. The Kier molecular flexibility index (Phi) is 4.36. The number of carbonyl (C=O) groups excluding carboxylic acids is 2. The molecular formula is C13H18N2O2S. The largest absolute Gasteiger partial charge is 0.351 e. The molecule has 18 heavy (non-hydrogen) atoms. The van der Waals surface area contributed by atoms with Gasteiger partial charge in [-0.3, -0.25) is 9.59 Å². The molecule has 2 rings (SSSR count). The van der Waals surface area contributed by atoms with E-state index in [2.05, 4.69) is 5.32 Å². The van der Waals surface area contributed by atoms with Crippen LogP contribution in [0.25, 0.3) is 0 Å². The molecule has 0 aromatic carbocycles. The maximum Gasteiger partial charge on any atom is 0.261 e. The Morgan fingerprint density at radius 2 is 2.11 bits per heavy atom. The van der Waals surface area contributed by atoms with E-state index in [9.17, 15) is 9.59 Å². The number of aryl methyl sites for hydroxylation is 1. The Morgan fingerprint density at radius 3 is 2.72 bits per heavy atom. The van der Waals surface area contributed by atoms with Crippen molar-refractivity contribution in [3.63, 3.8) is 0 Å². The van der Waals surface area contributed by atoms with E-state index in [-0.39, 0.29) is 11.8 Å². The van der Waals surface area contributed by atoms with E-state index in [0.29, 0.717) is 13.0 Å². The van der Waals surface area contributed by atoms with Gasteiger partial charge < -0.3 is 10.2 Å². The first-order valence-electron chi connectivity index (χ1n) is 6.28. The standard InChI is InChI=1S/C13H18N2O2S/c1-10-5-9-18-12(10)13(17)14-6-4-11(16)15-7-2-3-8-15/h5,9H,2-4,6-8H2,1H3,(H,14,17). The van der Waals surface area contributed by atoms with Gasteiger partial charge in [0.2, 0.25) is 5.91 Å². The molecule has 1 aromatic rings. The Balaban J connectivity index is 1.73. The lowest BCUT2D eigenvalue weighted by molar-refractivity contribution is -0.129. The van der Waals surface area contributed by atoms with Crippen molar-refractivity contribution < 1.29 is 9.59 Å². The molecule has 1 fully saturated rings. The van der Waals surface area contributed by atoms with Crippen molar-refractivity contribution in [1.29, 1.82) is 0 Å². The van der Waals surface area contributed by atoms with Gasteiger partial charge in [-0.25, -0.2) is 0 Å². The first kappa shape index (κ1) is 13.1. The number of carbonyl (C=O) groups is 2. The van der Waals surface area contributed by atoms with Gasteiger partial charge in [-0.1, -0.05) is 0 Å². The number of rotatable bonds is 4. The van der Waals surface area contributed by atoms with Gasteiger partial charge in [0.15, 0.2) is 0 Å². The van der Waals surface area contributed by atoms with Crippen LogP contribution in [0.1, 0.15) is 34.5 Å². The SMILES string of the molecule is Cc1ccsc1C(=O)NCCC(=O)N1CCCC1. The summed E-state index contributed by atoms with van der Waals surface area (Å²) < 4.78 is 0. The van der Waals surface area contributed by atoms with Crippen molar-refractivity contribution in [2.24, 2.45) is 0 Å². The first-order valence-corrected chi connectivity index (χ1v) is 7.16. The van der Waals surface area contributed by atoms with Crippen LogP contribution in [0.4, 0.5) is 0 Å². The fourth-order valence-corrected chi connectivity index (χ4v) is 2.93. The second-order valence-corrected chi connectivity index (χ2v) is 5.44. The average Bonchev–Trinajstić information content (AvgIpc) is 2.99. The highest BCUT2D eigenvalue weighted by Crippen LogP contribution is 2.15. The lowest BCUT2D eigenvalue weighted by Gasteiger charge is -2.15. The summed E-state index contributed by atoms with van der Waals surface area (Å²) in [5.41, 5.74) is 0.989. The summed E-state index contributed by atoms with van der Waals surface area (Å²) >= 11 is 1.43. The number of nitrogens with zero attached hydrogens (tertiary/aromatic N) is 1. The first-order chi connectivity index (χ1) is 8.68. The maximum absolute atomic E-state index is 11.8. The molecule has 4 nitrogen and oxygen atoms in total. The van der Waals surface area contributed by atoms with Crippen molar-refractivity contribution in [2.75, 3.05) is 19.6 Å². The third-order valence-electron chi connectivity index (χ3n) is 3.15. The summed E-state index contributed by atoms with van der Waals surface area (Å²) in [4.78, 5) is 26.2. The summed E-state index contributed by atoms with van der Waals surface area (Å²) in [5, 5.41) is 4.71. The average molecular weight is 266 g/mol. The highest BCUT2D eigenvalue weighted by Gasteiger charge is 2.17. The number of hydrogen-bond acceptors (Lipinski definition) is 3. The molecule has 0 spiro atoms. The van der Waals surface area contributed by atoms with E-state index in [1.165, 1.54) is 11.3 Å². The molecule has 2 heterocycles. The summed E-state index contributed by atoms with van der Waals surface area (Å²) in [6.45, 7) is 4.08. The monoisotopic (exact) mass is 266 g/mol. The van der Waals surface area contributed by atoms with Gasteiger partial charge >= 0.3 is 0 Å². The fraction of sp³-hybridized carbons (Fsp3) is 0.538. The van der Waals surface area contributed by atoms with Gasteiger partial charge in [0.25, 0.3) is 5.91 Å². The lowest BCUT2D eigenvalue weighted by Crippen LogP contribution is -2.32. The van der Waals surface area contributed by atoms with E-state index in [1.807, 2.05) is 23.3 Å². The zero-order chi connectivity index (χ0) is 13.0. The van der Waals surface area contributed by atoms with Gasteiger partial charge in [-0.15, -0.1) is 11.3 Å². The number of amides is 2. The zero-order valence-electron chi connectivity index (χ0n) is 10.6. The van der Waals surface area contributed by atoms with E-state index in [1.54, 1.807) is 0 Å². The highest BCUT2D eigenvalue weighted by atomic mass is 32.1. The molecule has 1 aliphatic rings. The quantitative estimate of drug-likeness (QED) is 0.903. The maximum atomic E-state index is 11.8. The van der Waals surface area contributed by atoms with Crippen molar-refractivity contribution in [1.82, 2.24) is 10.2 Å². The summed E-state index contributed by atoms with van der Waals surface area (Å²) in [5.74, 6) is 0.0763. The minimum Gasteiger partial charge on any atom is -0.351 e. The fourth-order valence-electron chi connectivity index (χ4n) is 2.09. The van der Waals surface area contributed by atoms with E-state index in [4.69, 9.17) is 0 Å². The van der Waals surface area contributed by atoms with E-state index < -0.39 is 0 Å². The second-order valence-electron chi connectivity index (χ2n) is 4.53. The van der Waals surface area contributed by atoms with Gasteiger partial charge in [0.05, 0.1) is 4.88 Å². The van der Waals surface area contributed by atoms with Gasteiger partial charge in [-0.2, -0.15) is 0 Å². The molecule has 1 aromatic heterocycles. The van der Waals surface area contributed by atoms with Crippen molar-refractivity contribution in [2.45, 2.75) is 26.2 Å². The van der Waals surface area contributed by atoms with Crippen molar-refractivity contribution in [3.8, 4) is 0 Å². The minimum atomic E-state index is -0.0725. The van der Waals surface area contributed by atoms with Gasteiger partial charge in [-0.05, 0) is 36.8 Å². The predicted molar refractivity (Wildman–Crippen MR) is 71.8 cm³/mol. The summed E-state index contributed by atoms with van der Waals surface area (Å²) in [6.07, 6.45) is 2.61. The molecule has 0 bridgehead atoms. The van der Waals surface area contributed by atoms with Crippen LogP contribution >= 0.6 is 11.3 Å². The van der Waals surface area contributed by atoms with Gasteiger partial charge in [0, 0.05) is 26.1 Å². The molecule has 0 atom stereocenters. The van der Waals surface area contributed by atoms with E-state index in [0.717, 1.165) is 36.4 Å². The second kappa shape index (κ2) is 6.00. The zero-order valence-corrected chi connectivity index (χ0v) is 11.4. The van der Waals surface area contributed by atoms with Crippen LogP contribution in [-0.2, 0) is 4.79 Å². The van der Waals surface area contributed by atoms with E-state index >= 15 is 0 Å². The third kappa shape index (κ3) is 3.10. The molecular weight excluding hydrogens is 248 g/mol. The predicted octanol–water partition coefficient (Wildman–Crippen LogP) is 1.80. The molecule has 5 heteroatoms.